The molecule has 0 spiro atoms. The molecule has 0 aliphatic heterocycles. The molecule has 1 aromatic rings. The molecule has 1 aliphatic rings. The van der Waals surface area contributed by atoms with E-state index in [1.165, 1.54) is 19.2 Å². The van der Waals surface area contributed by atoms with Crippen molar-refractivity contribution in [2.24, 2.45) is 11.3 Å². The summed E-state index contributed by atoms with van der Waals surface area (Å²) in [6, 6.07) is 0. The van der Waals surface area contributed by atoms with Gasteiger partial charge in [-0.25, -0.2) is 15.8 Å². The summed E-state index contributed by atoms with van der Waals surface area (Å²) in [6.45, 7) is 5.97. The molecular weight excluding hydrogens is 254 g/mol. The highest BCUT2D eigenvalue weighted by Gasteiger charge is 2.41. The van der Waals surface area contributed by atoms with Crippen LogP contribution in [-0.2, 0) is 4.74 Å². The van der Waals surface area contributed by atoms with Crippen LogP contribution in [-0.4, -0.2) is 30.2 Å². The van der Waals surface area contributed by atoms with E-state index in [0.29, 0.717) is 17.2 Å². The third-order valence-electron chi connectivity index (χ3n) is 4.02. The molecule has 6 nitrogen and oxygen atoms in total. The largest absolute Gasteiger partial charge is 0.385 e. The summed E-state index contributed by atoms with van der Waals surface area (Å²) >= 11 is 0. The maximum atomic E-state index is 5.53. The van der Waals surface area contributed by atoms with E-state index in [2.05, 4.69) is 34.6 Å². The van der Waals surface area contributed by atoms with Crippen LogP contribution in [0.2, 0.25) is 0 Å². The van der Waals surface area contributed by atoms with Crippen molar-refractivity contribution in [1.29, 1.82) is 0 Å². The number of hydrazine groups is 1. The lowest BCUT2D eigenvalue weighted by Gasteiger charge is -2.20. The van der Waals surface area contributed by atoms with Crippen LogP contribution < -0.4 is 16.6 Å². The van der Waals surface area contributed by atoms with E-state index in [4.69, 9.17) is 10.6 Å². The standard InChI is InChI=1S/C14H25N5O/c1-10(2)11-12(17-9-18-13(11)19-15)16-8-14(4-5-14)6-7-20-3/h9-10H,4-8,15H2,1-3H3,(H2,16,17,18,19). The summed E-state index contributed by atoms with van der Waals surface area (Å²) in [7, 11) is 1.75. The number of nitrogens with one attached hydrogen (secondary N) is 2. The van der Waals surface area contributed by atoms with Crippen molar-refractivity contribution in [1.82, 2.24) is 9.97 Å². The number of nitrogens with zero attached hydrogens (tertiary/aromatic N) is 2. The Morgan fingerprint density at radius 1 is 1.35 bits per heavy atom. The number of anilines is 2. The smallest absolute Gasteiger partial charge is 0.148 e. The lowest BCUT2D eigenvalue weighted by atomic mass is 10.0. The number of nitrogens with two attached hydrogens (primary N) is 1. The second-order valence-electron chi connectivity index (χ2n) is 5.88. The van der Waals surface area contributed by atoms with Crippen LogP contribution in [0.25, 0.3) is 0 Å². The van der Waals surface area contributed by atoms with Crippen LogP contribution in [0.1, 0.15) is 44.6 Å². The molecule has 0 unspecified atom stereocenters. The number of nitrogen functional groups attached to an aromatic ring is 1. The quantitative estimate of drug-likeness (QED) is 0.499. The van der Waals surface area contributed by atoms with Crippen molar-refractivity contribution in [3.05, 3.63) is 11.9 Å². The first-order valence-electron chi connectivity index (χ1n) is 7.16. The molecule has 1 aromatic heterocycles. The highest BCUT2D eigenvalue weighted by Crippen LogP contribution is 2.48. The van der Waals surface area contributed by atoms with Gasteiger partial charge in [-0.3, -0.25) is 0 Å². The molecule has 1 heterocycles. The third-order valence-corrected chi connectivity index (χ3v) is 4.02. The van der Waals surface area contributed by atoms with Crippen LogP contribution >= 0.6 is 0 Å². The van der Waals surface area contributed by atoms with E-state index in [1.54, 1.807) is 7.11 Å². The first-order chi connectivity index (χ1) is 9.62. The first-order valence-corrected chi connectivity index (χ1v) is 7.16. The Bertz CT molecular complexity index is 445. The molecule has 0 aromatic carbocycles. The van der Waals surface area contributed by atoms with E-state index >= 15 is 0 Å². The van der Waals surface area contributed by atoms with Gasteiger partial charge in [-0.2, -0.15) is 0 Å². The summed E-state index contributed by atoms with van der Waals surface area (Å²) in [5, 5.41) is 3.48. The lowest BCUT2D eigenvalue weighted by Crippen LogP contribution is -2.20. The molecule has 6 heteroatoms. The van der Waals surface area contributed by atoms with Crippen molar-refractivity contribution in [2.45, 2.75) is 39.0 Å². The van der Waals surface area contributed by atoms with Crippen LogP contribution in [0.15, 0.2) is 6.33 Å². The number of methoxy groups -OCH3 is 1. The van der Waals surface area contributed by atoms with Crippen molar-refractivity contribution in [2.75, 3.05) is 31.0 Å². The monoisotopic (exact) mass is 279 g/mol. The maximum Gasteiger partial charge on any atom is 0.148 e. The van der Waals surface area contributed by atoms with E-state index in [9.17, 15) is 0 Å². The second-order valence-corrected chi connectivity index (χ2v) is 5.88. The van der Waals surface area contributed by atoms with Gasteiger partial charge in [-0.1, -0.05) is 13.8 Å². The highest BCUT2D eigenvalue weighted by molar-refractivity contribution is 5.58. The zero-order chi connectivity index (χ0) is 14.6. The molecule has 0 saturated heterocycles. The van der Waals surface area contributed by atoms with Crippen molar-refractivity contribution >= 4 is 11.6 Å². The molecule has 1 saturated carbocycles. The van der Waals surface area contributed by atoms with Crippen molar-refractivity contribution in [3.63, 3.8) is 0 Å². The minimum Gasteiger partial charge on any atom is -0.385 e. The zero-order valence-electron chi connectivity index (χ0n) is 12.6. The number of hydrogen-bond acceptors (Lipinski definition) is 6. The van der Waals surface area contributed by atoms with Crippen LogP contribution in [0, 0.1) is 5.41 Å². The fourth-order valence-corrected chi connectivity index (χ4v) is 2.48. The van der Waals surface area contributed by atoms with Crippen LogP contribution in [0.4, 0.5) is 11.6 Å². The van der Waals surface area contributed by atoms with Crippen molar-refractivity contribution in [3.8, 4) is 0 Å². The molecular formula is C14H25N5O. The molecule has 0 bridgehead atoms. The molecule has 1 fully saturated rings. The molecule has 0 amide bonds. The second kappa shape index (κ2) is 6.37. The summed E-state index contributed by atoms with van der Waals surface area (Å²) in [5.74, 6) is 7.41. The molecule has 112 valence electrons. The van der Waals surface area contributed by atoms with Gasteiger partial charge in [-0.15, -0.1) is 0 Å². The number of ether oxygens (including phenoxy) is 1. The predicted molar refractivity (Wildman–Crippen MR) is 80.6 cm³/mol. The summed E-state index contributed by atoms with van der Waals surface area (Å²) < 4.78 is 5.19. The predicted octanol–water partition coefficient (Wildman–Crippen LogP) is 2.11. The Hall–Kier alpha value is -1.40. The van der Waals surface area contributed by atoms with Crippen LogP contribution in [0.5, 0.6) is 0 Å². The van der Waals surface area contributed by atoms with Crippen LogP contribution in [0.3, 0.4) is 0 Å². The molecule has 1 aliphatic carbocycles. The van der Waals surface area contributed by atoms with Crippen molar-refractivity contribution < 1.29 is 4.74 Å². The average molecular weight is 279 g/mol. The zero-order valence-corrected chi connectivity index (χ0v) is 12.6. The fourth-order valence-electron chi connectivity index (χ4n) is 2.48. The SMILES string of the molecule is COCCC1(CNc2ncnc(NN)c2C(C)C)CC1. The van der Waals surface area contributed by atoms with Gasteiger partial charge in [-0.05, 0) is 30.6 Å². The number of hydrogen-bond donors (Lipinski definition) is 3. The van der Waals surface area contributed by atoms with Gasteiger partial charge >= 0.3 is 0 Å². The van der Waals surface area contributed by atoms with Gasteiger partial charge in [0.05, 0.1) is 0 Å². The summed E-state index contributed by atoms with van der Waals surface area (Å²) in [6.07, 6.45) is 5.15. The molecule has 0 atom stereocenters. The Morgan fingerprint density at radius 3 is 2.60 bits per heavy atom. The fraction of sp³-hybridized carbons (Fsp3) is 0.714. The Labute approximate surface area is 120 Å². The average Bonchev–Trinajstić information content (AvgIpc) is 3.22. The first kappa shape index (κ1) is 15.0. The summed E-state index contributed by atoms with van der Waals surface area (Å²) in [5.41, 5.74) is 4.07. The molecule has 20 heavy (non-hydrogen) atoms. The van der Waals surface area contributed by atoms with Gasteiger partial charge in [0, 0.05) is 25.8 Å². The topological polar surface area (TPSA) is 85.1 Å². The van der Waals surface area contributed by atoms with E-state index in [1.807, 2.05) is 0 Å². The van der Waals surface area contributed by atoms with Gasteiger partial charge in [0.1, 0.15) is 18.0 Å². The Morgan fingerprint density at radius 2 is 2.05 bits per heavy atom. The Balaban J connectivity index is 2.06. The van der Waals surface area contributed by atoms with E-state index < -0.39 is 0 Å². The molecule has 2 rings (SSSR count). The van der Waals surface area contributed by atoms with Gasteiger partial charge in [0.15, 0.2) is 0 Å². The minimum atomic E-state index is 0.305. The number of rotatable bonds is 8. The Kier molecular flexibility index (Phi) is 4.77. The highest BCUT2D eigenvalue weighted by atomic mass is 16.5. The minimum absolute atomic E-state index is 0.305. The third kappa shape index (κ3) is 3.37. The molecule has 4 N–H and O–H groups in total. The maximum absolute atomic E-state index is 5.53. The van der Waals surface area contributed by atoms with Gasteiger partial charge in [0.2, 0.25) is 0 Å². The van der Waals surface area contributed by atoms with E-state index in [0.717, 1.165) is 31.0 Å². The normalized spacial score (nSPS) is 16.2. The van der Waals surface area contributed by atoms with Gasteiger partial charge in [0.25, 0.3) is 0 Å². The number of aromatic nitrogens is 2. The van der Waals surface area contributed by atoms with E-state index in [-0.39, 0.29) is 0 Å². The van der Waals surface area contributed by atoms with Gasteiger partial charge < -0.3 is 15.5 Å². The lowest BCUT2D eigenvalue weighted by molar-refractivity contribution is 0.175. The molecule has 0 radical (unpaired) electrons. The summed E-state index contributed by atoms with van der Waals surface area (Å²) in [4.78, 5) is 8.55.